The van der Waals surface area contributed by atoms with E-state index in [1.807, 2.05) is 43.3 Å². The van der Waals surface area contributed by atoms with Gasteiger partial charge in [0.05, 0.1) is 0 Å². The standard InChI is InChI=1S/C12H14O2/c1-10-6-2-3-7-11(10)8-4-5-9-12(13)14/h2-4,6-8H,5,9H2,1H3,(H,13,14)/b8-4+. The maximum Gasteiger partial charge on any atom is 0.303 e. The average Bonchev–Trinajstić information content (AvgIpc) is 2.15. The zero-order valence-electron chi connectivity index (χ0n) is 8.23. The fourth-order valence-electron chi connectivity index (χ4n) is 1.19. The first-order chi connectivity index (χ1) is 6.70. The molecule has 74 valence electrons. The normalized spacial score (nSPS) is 10.6. The number of benzene rings is 1. The Morgan fingerprint density at radius 1 is 1.43 bits per heavy atom. The van der Waals surface area contributed by atoms with Gasteiger partial charge in [0.2, 0.25) is 0 Å². The van der Waals surface area contributed by atoms with Crippen LogP contribution >= 0.6 is 0 Å². The van der Waals surface area contributed by atoms with E-state index in [0.717, 1.165) is 5.56 Å². The van der Waals surface area contributed by atoms with Gasteiger partial charge in [-0.15, -0.1) is 0 Å². The van der Waals surface area contributed by atoms with Crippen molar-refractivity contribution in [3.63, 3.8) is 0 Å². The molecule has 0 saturated heterocycles. The second kappa shape index (κ2) is 5.22. The Morgan fingerprint density at radius 2 is 2.14 bits per heavy atom. The molecule has 0 spiro atoms. The highest BCUT2D eigenvalue weighted by molar-refractivity contribution is 5.67. The Morgan fingerprint density at radius 3 is 2.79 bits per heavy atom. The van der Waals surface area contributed by atoms with Gasteiger partial charge in [-0.1, -0.05) is 36.4 Å². The van der Waals surface area contributed by atoms with Crippen LogP contribution in [-0.2, 0) is 4.79 Å². The van der Waals surface area contributed by atoms with E-state index in [4.69, 9.17) is 5.11 Å². The SMILES string of the molecule is Cc1ccccc1/C=C/CCC(=O)O. The topological polar surface area (TPSA) is 37.3 Å². The number of carboxylic acids is 1. The first kappa shape index (κ1) is 10.5. The second-order valence-electron chi connectivity index (χ2n) is 3.19. The molecule has 0 heterocycles. The van der Waals surface area contributed by atoms with Crippen molar-refractivity contribution in [3.05, 3.63) is 41.5 Å². The van der Waals surface area contributed by atoms with E-state index in [2.05, 4.69) is 0 Å². The number of hydrogen-bond donors (Lipinski definition) is 1. The van der Waals surface area contributed by atoms with Gasteiger partial charge in [0.1, 0.15) is 0 Å². The smallest absolute Gasteiger partial charge is 0.303 e. The molecule has 0 aliphatic rings. The van der Waals surface area contributed by atoms with Crippen molar-refractivity contribution in [2.45, 2.75) is 19.8 Å². The zero-order chi connectivity index (χ0) is 10.4. The van der Waals surface area contributed by atoms with Gasteiger partial charge in [-0.25, -0.2) is 0 Å². The lowest BCUT2D eigenvalue weighted by Crippen LogP contribution is -1.91. The molecule has 0 aliphatic heterocycles. The van der Waals surface area contributed by atoms with E-state index < -0.39 is 5.97 Å². The number of aryl methyl sites for hydroxylation is 1. The van der Waals surface area contributed by atoms with Crippen LogP contribution in [0.25, 0.3) is 6.08 Å². The monoisotopic (exact) mass is 190 g/mol. The highest BCUT2D eigenvalue weighted by atomic mass is 16.4. The van der Waals surface area contributed by atoms with Crippen molar-refractivity contribution < 1.29 is 9.90 Å². The molecule has 0 fully saturated rings. The predicted molar refractivity (Wildman–Crippen MR) is 57.1 cm³/mol. The summed E-state index contributed by atoms with van der Waals surface area (Å²) in [6, 6.07) is 8.03. The molecule has 0 saturated carbocycles. The van der Waals surface area contributed by atoms with Crippen LogP contribution in [-0.4, -0.2) is 11.1 Å². The average molecular weight is 190 g/mol. The van der Waals surface area contributed by atoms with Crippen LogP contribution in [0.3, 0.4) is 0 Å². The molecule has 0 radical (unpaired) electrons. The summed E-state index contributed by atoms with van der Waals surface area (Å²) in [6.45, 7) is 2.04. The fraction of sp³-hybridized carbons (Fsp3) is 0.250. The van der Waals surface area contributed by atoms with Crippen molar-refractivity contribution >= 4 is 12.0 Å². The Kier molecular flexibility index (Phi) is 3.92. The molecule has 1 rings (SSSR count). The maximum atomic E-state index is 10.2. The van der Waals surface area contributed by atoms with E-state index in [-0.39, 0.29) is 6.42 Å². The fourth-order valence-corrected chi connectivity index (χ4v) is 1.19. The van der Waals surface area contributed by atoms with Crippen molar-refractivity contribution in [1.29, 1.82) is 0 Å². The van der Waals surface area contributed by atoms with E-state index >= 15 is 0 Å². The molecule has 1 aromatic carbocycles. The lowest BCUT2D eigenvalue weighted by atomic mass is 10.1. The molecular weight excluding hydrogens is 176 g/mol. The molecule has 0 aliphatic carbocycles. The molecule has 14 heavy (non-hydrogen) atoms. The van der Waals surface area contributed by atoms with Crippen LogP contribution in [0.4, 0.5) is 0 Å². The molecular formula is C12H14O2. The number of carboxylic acid groups (broad SMARTS) is 1. The van der Waals surface area contributed by atoms with E-state index in [0.29, 0.717) is 6.42 Å². The Hall–Kier alpha value is -1.57. The van der Waals surface area contributed by atoms with Crippen LogP contribution in [0.1, 0.15) is 24.0 Å². The third kappa shape index (κ3) is 3.44. The highest BCUT2D eigenvalue weighted by Crippen LogP contribution is 2.09. The van der Waals surface area contributed by atoms with Gasteiger partial charge >= 0.3 is 5.97 Å². The summed E-state index contributed by atoms with van der Waals surface area (Å²) in [4.78, 5) is 10.2. The lowest BCUT2D eigenvalue weighted by molar-refractivity contribution is -0.136. The van der Waals surface area contributed by atoms with Gasteiger partial charge in [0, 0.05) is 6.42 Å². The summed E-state index contributed by atoms with van der Waals surface area (Å²) in [5, 5.41) is 8.43. The minimum atomic E-state index is -0.751. The van der Waals surface area contributed by atoms with Crippen molar-refractivity contribution in [2.24, 2.45) is 0 Å². The maximum absolute atomic E-state index is 10.2. The molecule has 0 amide bonds. The van der Waals surface area contributed by atoms with Gasteiger partial charge in [0.15, 0.2) is 0 Å². The zero-order valence-corrected chi connectivity index (χ0v) is 8.23. The van der Waals surface area contributed by atoms with E-state index in [1.54, 1.807) is 0 Å². The quantitative estimate of drug-likeness (QED) is 0.792. The van der Waals surface area contributed by atoms with Crippen LogP contribution in [0, 0.1) is 6.92 Å². The minimum absolute atomic E-state index is 0.197. The van der Waals surface area contributed by atoms with Crippen molar-refractivity contribution in [1.82, 2.24) is 0 Å². The Labute approximate surface area is 83.9 Å². The molecule has 1 N–H and O–H groups in total. The first-order valence-electron chi connectivity index (χ1n) is 4.64. The number of carbonyl (C=O) groups is 1. The predicted octanol–water partition coefficient (Wildman–Crippen LogP) is 2.87. The van der Waals surface area contributed by atoms with E-state index in [1.165, 1.54) is 5.56 Å². The van der Waals surface area contributed by atoms with Gasteiger partial charge < -0.3 is 5.11 Å². The molecule has 0 unspecified atom stereocenters. The largest absolute Gasteiger partial charge is 0.481 e. The van der Waals surface area contributed by atoms with Crippen LogP contribution in [0.15, 0.2) is 30.3 Å². The van der Waals surface area contributed by atoms with Crippen LogP contribution in [0.5, 0.6) is 0 Å². The molecule has 0 aromatic heterocycles. The van der Waals surface area contributed by atoms with E-state index in [9.17, 15) is 4.79 Å². The van der Waals surface area contributed by atoms with Crippen molar-refractivity contribution in [3.8, 4) is 0 Å². The summed E-state index contributed by atoms with van der Waals surface area (Å²) >= 11 is 0. The van der Waals surface area contributed by atoms with Crippen LogP contribution in [0.2, 0.25) is 0 Å². The molecule has 2 heteroatoms. The lowest BCUT2D eigenvalue weighted by Gasteiger charge is -1.97. The number of hydrogen-bond acceptors (Lipinski definition) is 1. The third-order valence-corrected chi connectivity index (χ3v) is 2.01. The molecule has 0 bridgehead atoms. The number of allylic oxidation sites excluding steroid dienone is 1. The van der Waals surface area contributed by atoms with Crippen LogP contribution < -0.4 is 0 Å². The molecule has 1 aromatic rings. The van der Waals surface area contributed by atoms with Gasteiger partial charge in [-0.3, -0.25) is 4.79 Å². The first-order valence-corrected chi connectivity index (χ1v) is 4.64. The summed E-state index contributed by atoms with van der Waals surface area (Å²) < 4.78 is 0. The Balaban J connectivity index is 2.52. The summed E-state index contributed by atoms with van der Waals surface area (Å²) in [5.74, 6) is -0.751. The number of aliphatic carboxylic acids is 1. The highest BCUT2D eigenvalue weighted by Gasteiger charge is 1.93. The van der Waals surface area contributed by atoms with Gasteiger partial charge in [0.25, 0.3) is 0 Å². The van der Waals surface area contributed by atoms with Gasteiger partial charge in [-0.05, 0) is 24.5 Å². The Bertz CT molecular complexity index is 340. The second-order valence-corrected chi connectivity index (χ2v) is 3.19. The molecule has 0 atom stereocenters. The summed E-state index contributed by atoms with van der Waals surface area (Å²) in [6.07, 6.45) is 4.65. The number of rotatable bonds is 4. The molecule has 2 nitrogen and oxygen atoms in total. The summed E-state index contributed by atoms with van der Waals surface area (Å²) in [5.41, 5.74) is 2.36. The van der Waals surface area contributed by atoms with Gasteiger partial charge in [-0.2, -0.15) is 0 Å². The minimum Gasteiger partial charge on any atom is -0.481 e. The summed E-state index contributed by atoms with van der Waals surface area (Å²) in [7, 11) is 0. The van der Waals surface area contributed by atoms with Crippen molar-refractivity contribution in [2.75, 3.05) is 0 Å². The third-order valence-electron chi connectivity index (χ3n) is 2.01.